The van der Waals surface area contributed by atoms with Crippen molar-refractivity contribution in [2.75, 3.05) is 12.4 Å². The number of carbonyl (C=O) groups is 2. The topological polar surface area (TPSA) is 120 Å². The van der Waals surface area contributed by atoms with Gasteiger partial charge in [-0.05, 0) is 64.7 Å². The first kappa shape index (κ1) is 26.6. The fraction of sp³-hybridized carbons (Fsp3) is 0.462. The van der Waals surface area contributed by atoms with Gasteiger partial charge >= 0.3 is 6.09 Å². The molecule has 0 radical (unpaired) electrons. The van der Waals surface area contributed by atoms with E-state index in [0.717, 1.165) is 19.3 Å². The number of hydrogen-bond acceptors (Lipinski definition) is 8. The lowest BCUT2D eigenvalue weighted by Crippen LogP contribution is -2.45. The van der Waals surface area contributed by atoms with Crippen molar-refractivity contribution >= 4 is 45.1 Å². The van der Waals surface area contributed by atoms with Crippen LogP contribution in [0.2, 0.25) is 0 Å². The Hall–Kier alpha value is -3.47. The second-order valence-electron chi connectivity index (χ2n) is 10.2. The molecule has 2 aromatic heterocycles. The minimum absolute atomic E-state index is 0.261. The normalized spacial score (nSPS) is 17.9. The molecular weight excluding hydrogens is 497 g/mol. The maximum Gasteiger partial charge on any atom is 0.410 e. The van der Waals surface area contributed by atoms with Crippen LogP contribution in [0.25, 0.3) is 10.2 Å². The summed E-state index contributed by atoms with van der Waals surface area (Å²) < 4.78 is 26.2. The van der Waals surface area contributed by atoms with Crippen LogP contribution in [0.3, 0.4) is 0 Å². The standard InChI is InChI=1S/C26H32FN5O4S/c1-14-20-23(29-13-30-24(20)37-21(14)22(28)33)31-18-10-9-15(27)11-19(18)35-16-7-6-8-17(12-16)36-25(34)32(5)26(2,3)4/h9-11,13,16-17H,6-8,12H2,1-5H3,(H2,28,33)(H,29,30,31). The van der Waals surface area contributed by atoms with E-state index in [0.29, 0.717) is 44.3 Å². The second-order valence-corrected chi connectivity index (χ2v) is 11.2. The first-order valence-corrected chi connectivity index (χ1v) is 13.0. The molecule has 198 valence electrons. The highest BCUT2D eigenvalue weighted by molar-refractivity contribution is 7.20. The van der Waals surface area contributed by atoms with E-state index in [2.05, 4.69) is 15.3 Å². The van der Waals surface area contributed by atoms with Crippen molar-refractivity contribution in [3.8, 4) is 5.75 Å². The SMILES string of the molecule is Cc1c(C(N)=O)sc2ncnc(Nc3ccc(F)cc3OC3CCCC(OC(=O)N(C)C(C)(C)C)C3)c12. The third kappa shape index (κ3) is 5.93. The van der Waals surface area contributed by atoms with E-state index in [1.54, 1.807) is 24.9 Å². The van der Waals surface area contributed by atoms with E-state index in [1.807, 2.05) is 20.8 Å². The first-order valence-electron chi connectivity index (χ1n) is 12.2. The maximum atomic E-state index is 14.2. The number of aromatic nitrogens is 2. The molecule has 1 saturated carbocycles. The van der Waals surface area contributed by atoms with Crippen molar-refractivity contribution in [1.29, 1.82) is 0 Å². The third-order valence-corrected chi connectivity index (χ3v) is 7.78. The Balaban J connectivity index is 1.53. The van der Waals surface area contributed by atoms with Gasteiger partial charge in [-0.3, -0.25) is 4.79 Å². The number of hydrogen-bond donors (Lipinski definition) is 2. The Labute approximate surface area is 219 Å². The molecule has 37 heavy (non-hydrogen) atoms. The number of anilines is 2. The number of nitrogens with one attached hydrogen (secondary N) is 1. The minimum Gasteiger partial charge on any atom is -0.488 e. The number of nitrogens with two attached hydrogens (primary N) is 1. The molecule has 0 spiro atoms. The summed E-state index contributed by atoms with van der Waals surface area (Å²) in [6.07, 6.45) is 3.29. The molecule has 3 aromatic rings. The zero-order chi connectivity index (χ0) is 26.9. The van der Waals surface area contributed by atoms with Crippen molar-refractivity contribution in [2.45, 2.75) is 71.1 Å². The molecule has 11 heteroatoms. The van der Waals surface area contributed by atoms with E-state index < -0.39 is 11.7 Å². The quantitative estimate of drug-likeness (QED) is 0.430. The number of benzene rings is 1. The van der Waals surface area contributed by atoms with E-state index in [-0.39, 0.29) is 23.8 Å². The molecule has 4 rings (SSSR count). The average Bonchev–Trinajstić information content (AvgIpc) is 3.17. The van der Waals surface area contributed by atoms with Crippen LogP contribution in [0, 0.1) is 12.7 Å². The molecule has 0 bridgehead atoms. The number of halogens is 1. The van der Waals surface area contributed by atoms with Gasteiger partial charge < -0.3 is 25.4 Å². The number of aryl methyl sites for hydroxylation is 1. The number of ether oxygens (including phenoxy) is 2. The Kier molecular flexibility index (Phi) is 7.54. The van der Waals surface area contributed by atoms with Gasteiger partial charge in [0.2, 0.25) is 0 Å². The second kappa shape index (κ2) is 10.5. The average molecular weight is 530 g/mol. The third-order valence-electron chi connectivity index (χ3n) is 6.57. The molecule has 0 saturated heterocycles. The number of nitrogens with zero attached hydrogens (tertiary/aromatic N) is 3. The van der Waals surface area contributed by atoms with E-state index >= 15 is 0 Å². The highest BCUT2D eigenvalue weighted by atomic mass is 32.1. The van der Waals surface area contributed by atoms with Crippen LogP contribution in [0.5, 0.6) is 5.75 Å². The van der Waals surface area contributed by atoms with Crippen LogP contribution in [-0.2, 0) is 4.74 Å². The summed E-state index contributed by atoms with van der Waals surface area (Å²) in [6, 6.07) is 4.23. The monoisotopic (exact) mass is 529 g/mol. The zero-order valence-corrected chi connectivity index (χ0v) is 22.4. The Morgan fingerprint density at radius 3 is 2.65 bits per heavy atom. The Bertz CT molecular complexity index is 1320. The van der Waals surface area contributed by atoms with Crippen LogP contribution >= 0.6 is 11.3 Å². The molecule has 1 aromatic carbocycles. The summed E-state index contributed by atoms with van der Waals surface area (Å²) in [4.78, 5) is 35.6. The molecule has 3 N–H and O–H groups in total. The number of fused-ring (bicyclic) bond motifs is 1. The summed E-state index contributed by atoms with van der Waals surface area (Å²) in [5, 5.41) is 3.89. The van der Waals surface area contributed by atoms with Crippen molar-refractivity contribution in [3.05, 3.63) is 40.8 Å². The van der Waals surface area contributed by atoms with E-state index in [9.17, 15) is 14.0 Å². The van der Waals surface area contributed by atoms with E-state index in [1.165, 1.54) is 29.8 Å². The molecule has 2 heterocycles. The lowest BCUT2D eigenvalue weighted by Gasteiger charge is -2.35. The van der Waals surface area contributed by atoms with Gasteiger partial charge in [0.1, 0.15) is 40.8 Å². The van der Waals surface area contributed by atoms with Gasteiger partial charge in [0.05, 0.1) is 16.0 Å². The van der Waals surface area contributed by atoms with Crippen LogP contribution in [-0.4, -0.2) is 51.7 Å². The zero-order valence-electron chi connectivity index (χ0n) is 21.6. The predicted octanol–water partition coefficient (Wildman–Crippen LogP) is 5.54. The number of rotatable bonds is 6. The lowest BCUT2D eigenvalue weighted by atomic mass is 9.95. The molecule has 1 aliphatic rings. The van der Waals surface area contributed by atoms with Crippen LogP contribution in [0.1, 0.15) is 61.7 Å². The predicted molar refractivity (Wildman–Crippen MR) is 141 cm³/mol. The van der Waals surface area contributed by atoms with Crippen LogP contribution < -0.4 is 15.8 Å². The molecule has 2 unspecified atom stereocenters. The maximum absolute atomic E-state index is 14.2. The molecule has 2 atom stereocenters. The molecule has 1 fully saturated rings. The summed E-state index contributed by atoms with van der Waals surface area (Å²) in [5.74, 6) is -0.192. The van der Waals surface area contributed by atoms with Crippen LogP contribution in [0.15, 0.2) is 24.5 Å². The summed E-state index contributed by atoms with van der Waals surface area (Å²) >= 11 is 1.20. The summed E-state index contributed by atoms with van der Waals surface area (Å²) in [6.45, 7) is 7.61. The first-order chi connectivity index (χ1) is 17.4. The number of thiophene rings is 1. The van der Waals surface area contributed by atoms with Crippen molar-refractivity contribution in [1.82, 2.24) is 14.9 Å². The van der Waals surface area contributed by atoms with Gasteiger partial charge in [-0.2, -0.15) is 0 Å². The molecule has 1 aliphatic carbocycles. The Morgan fingerprint density at radius 2 is 1.95 bits per heavy atom. The van der Waals surface area contributed by atoms with Gasteiger partial charge in [0.15, 0.2) is 0 Å². The number of amides is 2. The van der Waals surface area contributed by atoms with Gasteiger partial charge in [0, 0.05) is 25.1 Å². The molecular formula is C26H32FN5O4S. The molecule has 2 amide bonds. The van der Waals surface area contributed by atoms with Crippen molar-refractivity contribution in [2.24, 2.45) is 5.73 Å². The highest BCUT2D eigenvalue weighted by Crippen LogP contribution is 2.37. The number of carbonyl (C=O) groups excluding carboxylic acids is 2. The largest absolute Gasteiger partial charge is 0.488 e. The molecule has 0 aliphatic heterocycles. The molecule has 9 nitrogen and oxygen atoms in total. The van der Waals surface area contributed by atoms with Gasteiger partial charge in [-0.15, -0.1) is 11.3 Å². The van der Waals surface area contributed by atoms with Crippen molar-refractivity contribution < 1.29 is 23.5 Å². The smallest absolute Gasteiger partial charge is 0.410 e. The number of primary amides is 1. The lowest BCUT2D eigenvalue weighted by molar-refractivity contribution is 0.00704. The minimum atomic E-state index is -0.529. The highest BCUT2D eigenvalue weighted by Gasteiger charge is 2.30. The summed E-state index contributed by atoms with van der Waals surface area (Å²) in [7, 11) is 1.72. The van der Waals surface area contributed by atoms with Crippen molar-refractivity contribution in [3.63, 3.8) is 0 Å². The fourth-order valence-electron chi connectivity index (χ4n) is 4.22. The fourth-order valence-corrected chi connectivity index (χ4v) is 5.22. The summed E-state index contributed by atoms with van der Waals surface area (Å²) in [5.41, 5.74) is 6.35. The van der Waals surface area contributed by atoms with Gasteiger partial charge in [0.25, 0.3) is 5.91 Å². The van der Waals surface area contributed by atoms with Gasteiger partial charge in [-0.25, -0.2) is 19.2 Å². The van der Waals surface area contributed by atoms with E-state index in [4.69, 9.17) is 15.2 Å². The van der Waals surface area contributed by atoms with Gasteiger partial charge in [-0.1, -0.05) is 0 Å². The van der Waals surface area contributed by atoms with Crippen LogP contribution in [0.4, 0.5) is 20.7 Å². The Morgan fingerprint density at radius 1 is 1.22 bits per heavy atom.